The number of alkyl halides is 3. The molecule has 2 nitrogen and oxygen atoms in total. The molecule has 0 bridgehead atoms. The van der Waals surface area contributed by atoms with Gasteiger partial charge in [-0.15, -0.1) is 0 Å². The third kappa shape index (κ3) is 5.49. The van der Waals surface area contributed by atoms with E-state index in [2.05, 4.69) is 5.32 Å². The molecule has 1 N–H and O–H groups in total. The summed E-state index contributed by atoms with van der Waals surface area (Å²) in [5.41, 5.74) is 1.45. The van der Waals surface area contributed by atoms with Crippen LogP contribution in [0.15, 0.2) is 48.5 Å². The van der Waals surface area contributed by atoms with Crippen LogP contribution < -0.4 is 5.32 Å². The molecule has 0 heterocycles. The minimum Gasteiger partial charge on any atom is -0.336 e. The fraction of sp³-hybridized carbons (Fsp3) is 0.235. The standard InChI is InChI=1S/C17H16F4N2S/c1-12-7-8-14(9-15(12)18)22-16(24)23(11-17(19,20)21)10-13-5-3-2-4-6-13/h2-9H,10-11H2,1H3,(H,22,24). The second-order valence-corrected chi connectivity index (χ2v) is 5.74. The monoisotopic (exact) mass is 356 g/mol. The van der Waals surface area contributed by atoms with E-state index in [1.807, 2.05) is 0 Å². The van der Waals surface area contributed by atoms with Gasteiger partial charge in [0.05, 0.1) is 0 Å². The van der Waals surface area contributed by atoms with E-state index in [0.717, 1.165) is 4.90 Å². The number of anilines is 1. The molecule has 2 aromatic rings. The maximum Gasteiger partial charge on any atom is 0.406 e. The van der Waals surface area contributed by atoms with Crippen LogP contribution in [0.5, 0.6) is 0 Å². The van der Waals surface area contributed by atoms with Crippen molar-refractivity contribution in [1.82, 2.24) is 4.90 Å². The van der Waals surface area contributed by atoms with Crippen molar-refractivity contribution in [1.29, 1.82) is 0 Å². The zero-order valence-corrected chi connectivity index (χ0v) is 13.7. The Kier molecular flexibility index (Phi) is 5.77. The van der Waals surface area contributed by atoms with E-state index in [1.54, 1.807) is 43.3 Å². The Morgan fingerprint density at radius 2 is 1.79 bits per heavy atom. The first kappa shape index (κ1) is 18.2. The second-order valence-electron chi connectivity index (χ2n) is 5.35. The van der Waals surface area contributed by atoms with Crippen molar-refractivity contribution in [2.75, 3.05) is 11.9 Å². The van der Waals surface area contributed by atoms with Gasteiger partial charge in [0.2, 0.25) is 0 Å². The first-order chi connectivity index (χ1) is 11.2. The number of nitrogens with zero attached hydrogens (tertiary/aromatic N) is 1. The Bertz CT molecular complexity index is 701. The van der Waals surface area contributed by atoms with Crippen LogP contribution >= 0.6 is 12.2 Å². The minimum absolute atomic E-state index is 0.000523. The summed E-state index contributed by atoms with van der Waals surface area (Å²) < 4.78 is 52.1. The maximum atomic E-state index is 13.6. The molecular weight excluding hydrogens is 340 g/mol. The van der Waals surface area contributed by atoms with E-state index in [1.165, 1.54) is 12.1 Å². The molecule has 0 radical (unpaired) electrons. The topological polar surface area (TPSA) is 15.3 Å². The fourth-order valence-corrected chi connectivity index (χ4v) is 2.34. The maximum absolute atomic E-state index is 13.6. The lowest BCUT2D eigenvalue weighted by Gasteiger charge is -2.27. The molecule has 7 heteroatoms. The van der Waals surface area contributed by atoms with Crippen molar-refractivity contribution in [3.05, 3.63) is 65.5 Å². The number of aryl methyl sites for hydroxylation is 1. The molecule has 0 saturated carbocycles. The molecule has 0 saturated heterocycles. The number of hydrogen-bond donors (Lipinski definition) is 1. The lowest BCUT2D eigenvalue weighted by molar-refractivity contribution is -0.138. The van der Waals surface area contributed by atoms with E-state index in [0.29, 0.717) is 16.8 Å². The minimum atomic E-state index is -4.40. The largest absolute Gasteiger partial charge is 0.406 e. The van der Waals surface area contributed by atoms with Gasteiger partial charge in [-0.25, -0.2) is 4.39 Å². The molecule has 0 unspecified atom stereocenters. The average Bonchev–Trinajstić information content (AvgIpc) is 2.50. The smallest absolute Gasteiger partial charge is 0.336 e. The normalized spacial score (nSPS) is 11.2. The molecule has 0 aliphatic rings. The summed E-state index contributed by atoms with van der Waals surface area (Å²) in [6, 6.07) is 13.0. The molecule has 0 aliphatic carbocycles. The van der Waals surface area contributed by atoms with Crippen molar-refractivity contribution < 1.29 is 17.6 Å². The quantitative estimate of drug-likeness (QED) is 0.620. The Balaban J connectivity index is 2.15. The molecule has 0 atom stereocenters. The summed E-state index contributed by atoms with van der Waals surface area (Å²) in [7, 11) is 0. The van der Waals surface area contributed by atoms with Gasteiger partial charge < -0.3 is 10.2 Å². The van der Waals surface area contributed by atoms with E-state index in [-0.39, 0.29) is 11.7 Å². The van der Waals surface area contributed by atoms with Crippen LogP contribution in [0.1, 0.15) is 11.1 Å². The Labute approximate surface area is 143 Å². The summed E-state index contributed by atoms with van der Waals surface area (Å²) in [5, 5.41) is 2.56. The van der Waals surface area contributed by atoms with E-state index in [9.17, 15) is 17.6 Å². The molecular formula is C17H16F4N2S. The van der Waals surface area contributed by atoms with E-state index in [4.69, 9.17) is 12.2 Å². The lowest BCUT2D eigenvalue weighted by Crippen LogP contribution is -2.40. The highest BCUT2D eigenvalue weighted by atomic mass is 32.1. The molecule has 0 aromatic heterocycles. The number of halogens is 4. The molecule has 0 aliphatic heterocycles. The van der Waals surface area contributed by atoms with Gasteiger partial charge in [0.15, 0.2) is 5.11 Å². The van der Waals surface area contributed by atoms with Gasteiger partial charge in [0, 0.05) is 12.2 Å². The highest BCUT2D eigenvalue weighted by Gasteiger charge is 2.32. The first-order valence-corrected chi connectivity index (χ1v) is 7.58. The molecule has 0 amide bonds. The molecule has 0 fully saturated rings. The van der Waals surface area contributed by atoms with Gasteiger partial charge >= 0.3 is 6.18 Å². The zero-order valence-electron chi connectivity index (χ0n) is 12.9. The third-order valence-corrected chi connectivity index (χ3v) is 3.66. The molecule has 0 spiro atoms. The van der Waals surface area contributed by atoms with Crippen LogP contribution in [-0.2, 0) is 6.54 Å². The number of hydrogen-bond acceptors (Lipinski definition) is 1. The zero-order chi connectivity index (χ0) is 17.7. The number of thiocarbonyl (C=S) groups is 1. The van der Waals surface area contributed by atoms with Gasteiger partial charge in [-0.05, 0) is 42.4 Å². The molecule has 24 heavy (non-hydrogen) atoms. The highest BCUT2D eigenvalue weighted by molar-refractivity contribution is 7.80. The SMILES string of the molecule is Cc1ccc(NC(=S)N(Cc2ccccc2)CC(F)(F)F)cc1F. The Morgan fingerprint density at radius 1 is 1.12 bits per heavy atom. The number of nitrogens with one attached hydrogen (secondary N) is 1. The third-order valence-electron chi connectivity index (χ3n) is 3.30. The van der Waals surface area contributed by atoms with E-state index >= 15 is 0 Å². The van der Waals surface area contributed by atoms with Gasteiger partial charge in [0.1, 0.15) is 12.4 Å². The second kappa shape index (κ2) is 7.61. The van der Waals surface area contributed by atoms with Crippen LogP contribution in [0.25, 0.3) is 0 Å². The molecule has 2 aromatic carbocycles. The fourth-order valence-electron chi connectivity index (χ4n) is 2.09. The van der Waals surface area contributed by atoms with Crippen molar-refractivity contribution in [3.63, 3.8) is 0 Å². The van der Waals surface area contributed by atoms with Crippen molar-refractivity contribution in [2.24, 2.45) is 0 Å². The Morgan fingerprint density at radius 3 is 2.38 bits per heavy atom. The summed E-state index contributed by atoms with van der Waals surface area (Å²) in [5.74, 6) is -0.451. The predicted molar refractivity (Wildman–Crippen MR) is 90.3 cm³/mol. The van der Waals surface area contributed by atoms with Crippen molar-refractivity contribution in [3.8, 4) is 0 Å². The average molecular weight is 356 g/mol. The van der Waals surface area contributed by atoms with Gasteiger partial charge in [-0.1, -0.05) is 36.4 Å². The summed E-state index contributed by atoms with van der Waals surface area (Å²) in [6.45, 7) is 0.408. The van der Waals surface area contributed by atoms with Crippen molar-refractivity contribution in [2.45, 2.75) is 19.6 Å². The van der Waals surface area contributed by atoms with Crippen LogP contribution in [0.3, 0.4) is 0 Å². The van der Waals surface area contributed by atoms with Crippen LogP contribution in [0.4, 0.5) is 23.2 Å². The van der Waals surface area contributed by atoms with Gasteiger partial charge in [-0.2, -0.15) is 13.2 Å². The van der Waals surface area contributed by atoms with Crippen molar-refractivity contribution >= 4 is 23.0 Å². The first-order valence-electron chi connectivity index (χ1n) is 7.17. The lowest BCUT2D eigenvalue weighted by atomic mass is 10.2. The number of benzene rings is 2. The molecule has 128 valence electrons. The van der Waals surface area contributed by atoms with Crippen LogP contribution in [-0.4, -0.2) is 22.7 Å². The summed E-state index contributed by atoms with van der Waals surface area (Å²) >= 11 is 5.09. The highest BCUT2D eigenvalue weighted by Crippen LogP contribution is 2.20. The summed E-state index contributed by atoms with van der Waals surface area (Å²) in [6.07, 6.45) is -4.40. The van der Waals surface area contributed by atoms with E-state index < -0.39 is 18.5 Å². The van der Waals surface area contributed by atoms with Crippen LogP contribution in [0.2, 0.25) is 0 Å². The molecule has 2 rings (SSSR count). The summed E-state index contributed by atoms with van der Waals surface area (Å²) in [4.78, 5) is 1.00. The predicted octanol–water partition coefficient (Wildman–Crippen LogP) is 4.90. The van der Waals surface area contributed by atoms with Gasteiger partial charge in [0.25, 0.3) is 0 Å². The number of rotatable bonds is 4. The van der Waals surface area contributed by atoms with Crippen LogP contribution in [0, 0.1) is 12.7 Å². The Hall–Kier alpha value is -2.15. The van der Waals surface area contributed by atoms with Gasteiger partial charge in [-0.3, -0.25) is 0 Å².